The smallest absolute Gasteiger partial charge is 0.170 e. The van der Waals surface area contributed by atoms with Crippen molar-refractivity contribution in [2.45, 2.75) is 18.6 Å². The summed E-state index contributed by atoms with van der Waals surface area (Å²) in [6, 6.07) is 28.7. The van der Waals surface area contributed by atoms with E-state index in [0.29, 0.717) is 6.54 Å². The van der Waals surface area contributed by atoms with Crippen molar-refractivity contribution in [1.82, 2.24) is 19.8 Å². The van der Waals surface area contributed by atoms with E-state index in [2.05, 4.69) is 74.5 Å². The van der Waals surface area contributed by atoms with Crippen LogP contribution in [0.1, 0.15) is 29.0 Å². The number of methoxy groups -OCH3 is 1. The number of ether oxygens (including phenoxy) is 1. The van der Waals surface area contributed by atoms with Crippen molar-refractivity contribution in [2.75, 3.05) is 7.11 Å². The number of benzene rings is 2. The maximum Gasteiger partial charge on any atom is 0.170 e. The first-order chi connectivity index (χ1) is 15.7. The zero-order valence-electron chi connectivity index (χ0n) is 17.8. The van der Waals surface area contributed by atoms with Gasteiger partial charge in [0.2, 0.25) is 0 Å². The van der Waals surface area contributed by atoms with Crippen LogP contribution in [0.3, 0.4) is 0 Å². The standard InChI is InChI=1S/C26H24N4OS/c1-31-21-12-7-11-20(17-21)29-16-8-14-23(29)25-24(22-13-5-6-15-27-22)28-26(32)30(25)18-19-9-3-2-4-10-19/h2-17,24-25H,18H2,1H3,(H,28,32). The van der Waals surface area contributed by atoms with Gasteiger partial charge in [-0.1, -0.05) is 42.5 Å². The number of nitrogens with zero attached hydrogens (tertiary/aromatic N) is 3. The molecule has 0 radical (unpaired) electrons. The van der Waals surface area contributed by atoms with E-state index in [4.69, 9.17) is 17.0 Å². The molecule has 2 aromatic carbocycles. The van der Waals surface area contributed by atoms with Crippen molar-refractivity contribution in [1.29, 1.82) is 0 Å². The van der Waals surface area contributed by atoms with Crippen LogP contribution in [0.5, 0.6) is 5.75 Å². The van der Waals surface area contributed by atoms with Gasteiger partial charge in [0.15, 0.2) is 5.11 Å². The van der Waals surface area contributed by atoms with Crippen molar-refractivity contribution in [2.24, 2.45) is 0 Å². The Morgan fingerprint density at radius 1 is 0.969 bits per heavy atom. The number of rotatable bonds is 6. The number of aromatic nitrogens is 2. The zero-order chi connectivity index (χ0) is 21.9. The Balaban J connectivity index is 1.60. The summed E-state index contributed by atoms with van der Waals surface area (Å²) in [6.07, 6.45) is 3.92. The number of nitrogens with one attached hydrogen (secondary N) is 1. The molecule has 0 bridgehead atoms. The van der Waals surface area contributed by atoms with Gasteiger partial charge in [0, 0.05) is 36.4 Å². The average Bonchev–Trinajstić information content (AvgIpc) is 3.45. The van der Waals surface area contributed by atoms with Crippen molar-refractivity contribution < 1.29 is 4.74 Å². The fourth-order valence-corrected chi connectivity index (χ4v) is 4.61. The fraction of sp³-hybridized carbons (Fsp3) is 0.154. The average molecular weight is 441 g/mol. The van der Waals surface area contributed by atoms with Crippen LogP contribution in [0.4, 0.5) is 0 Å². The highest BCUT2D eigenvalue weighted by atomic mass is 32.1. The number of thiocarbonyl (C=S) groups is 1. The molecule has 1 saturated heterocycles. The van der Waals surface area contributed by atoms with Gasteiger partial charge in [0.25, 0.3) is 0 Å². The second kappa shape index (κ2) is 8.85. The maximum atomic E-state index is 5.83. The third kappa shape index (κ3) is 3.85. The SMILES string of the molecule is COc1cccc(-n2cccc2C2C(c3ccccn3)NC(=S)N2Cc2ccccc2)c1. The molecule has 2 atom stereocenters. The van der Waals surface area contributed by atoms with Gasteiger partial charge in [-0.05, 0) is 54.2 Å². The van der Waals surface area contributed by atoms with E-state index in [1.165, 1.54) is 5.56 Å². The topological polar surface area (TPSA) is 42.3 Å². The highest BCUT2D eigenvalue weighted by Gasteiger charge is 2.41. The molecule has 0 spiro atoms. The lowest BCUT2D eigenvalue weighted by atomic mass is 10.0. The molecule has 2 unspecified atom stereocenters. The molecule has 2 aromatic heterocycles. The highest BCUT2D eigenvalue weighted by molar-refractivity contribution is 7.80. The Labute approximate surface area is 193 Å². The summed E-state index contributed by atoms with van der Waals surface area (Å²) in [5.74, 6) is 0.824. The molecule has 5 nitrogen and oxygen atoms in total. The molecule has 0 amide bonds. The zero-order valence-corrected chi connectivity index (χ0v) is 18.6. The fourth-order valence-electron chi connectivity index (χ4n) is 4.31. The minimum absolute atomic E-state index is 0.0289. The van der Waals surface area contributed by atoms with E-state index in [0.717, 1.165) is 27.9 Å². The van der Waals surface area contributed by atoms with E-state index in [-0.39, 0.29) is 12.1 Å². The van der Waals surface area contributed by atoms with Gasteiger partial charge >= 0.3 is 0 Å². The molecule has 4 aromatic rings. The van der Waals surface area contributed by atoms with Crippen LogP contribution in [-0.4, -0.2) is 26.7 Å². The van der Waals surface area contributed by atoms with Crippen LogP contribution in [-0.2, 0) is 6.54 Å². The van der Waals surface area contributed by atoms with Crippen LogP contribution in [0.15, 0.2) is 97.3 Å². The monoisotopic (exact) mass is 440 g/mol. The van der Waals surface area contributed by atoms with E-state index < -0.39 is 0 Å². The third-order valence-corrected chi connectivity index (χ3v) is 6.16. The molecule has 1 aliphatic rings. The summed E-state index contributed by atoms with van der Waals surface area (Å²) in [4.78, 5) is 6.91. The van der Waals surface area contributed by atoms with Crippen LogP contribution in [0.2, 0.25) is 0 Å². The lowest BCUT2D eigenvalue weighted by molar-refractivity contribution is 0.302. The van der Waals surface area contributed by atoms with Gasteiger partial charge in [-0.25, -0.2) is 0 Å². The first-order valence-electron chi connectivity index (χ1n) is 10.6. The Morgan fingerprint density at radius 2 is 1.81 bits per heavy atom. The van der Waals surface area contributed by atoms with E-state index in [1.54, 1.807) is 7.11 Å². The van der Waals surface area contributed by atoms with Gasteiger partial charge < -0.3 is 19.5 Å². The molecule has 1 aliphatic heterocycles. The van der Waals surface area contributed by atoms with Crippen molar-refractivity contribution in [3.05, 3.63) is 114 Å². The number of hydrogen-bond donors (Lipinski definition) is 1. The molecule has 0 saturated carbocycles. The third-order valence-electron chi connectivity index (χ3n) is 5.81. The molecule has 3 heterocycles. The Hall–Kier alpha value is -3.64. The van der Waals surface area contributed by atoms with E-state index in [1.807, 2.05) is 42.6 Å². The minimum atomic E-state index is -0.0633. The van der Waals surface area contributed by atoms with Gasteiger partial charge in [0.05, 0.1) is 24.9 Å². The summed E-state index contributed by atoms with van der Waals surface area (Å²) in [5, 5.41) is 4.27. The minimum Gasteiger partial charge on any atom is -0.497 e. The number of pyridine rings is 1. The van der Waals surface area contributed by atoms with Gasteiger partial charge in [-0.3, -0.25) is 4.98 Å². The van der Waals surface area contributed by atoms with Crippen LogP contribution < -0.4 is 10.1 Å². The van der Waals surface area contributed by atoms with Gasteiger partial charge in [-0.15, -0.1) is 0 Å². The van der Waals surface area contributed by atoms with E-state index in [9.17, 15) is 0 Å². The molecule has 1 fully saturated rings. The molecule has 32 heavy (non-hydrogen) atoms. The lowest BCUT2D eigenvalue weighted by Gasteiger charge is -2.29. The Bertz CT molecular complexity index is 1210. The van der Waals surface area contributed by atoms with Crippen LogP contribution in [0, 0.1) is 0 Å². The molecule has 160 valence electrons. The summed E-state index contributed by atoms with van der Waals surface area (Å²) in [7, 11) is 1.69. The molecular weight excluding hydrogens is 416 g/mol. The van der Waals surface area contributed by atoms with E-state index >= 15 is 0 Å². The summed E-state index contributed by atoms with van der Waals surface area (Å²) < 4.78 is 7.66. The maximum absolute atomic E-state index is 5.83. The normalized spacial score (nSPS) is 17.9. The largest absolute Gasteiger partial charge is 0.497 e. The Kier molecular flexibility index (Phi) is 5.60. The van der Waals surface area contributed by atoms with Crippen molar-refractivity contribution in [3.8, 4) is 11.4 Å². The van der Waals surface area contributed by atoms with Crippen molar-refractivity contribution >= 4 is 17.3 Å². The molecule has 6 heteroatoms. The summed E-state index contributed by atoms with van der Waals surface area (Å²) in [6.45, 7) is 0.712. The molecule has 1 N–H and O–H groups in total. The molecule has 0 aliphatic carbocycles. The predicted octanol–water partition coefficient (Wildman–Crippen LogP) is 5.05. The first kappa shape index (κ1) is 20.3. The van der Waals surface area contributed by atoms with Gasteiger partial charge in [-0.2, -0.15) is 0 Å². The predicted molar refractivity (Wildman–Crippen MR) is 130 cm³/mol. The number of hydrogen-bond acceptors (Lipinski definition) is 3. The molecule has 5 rings (SSSR count). The lowest BCUT2D eigenvalue weighted by Crippen LogP contribution is -2.30. The summed E-state index contributed by atoms with van der Waals surface area (Å²) >= 11 is 5.83. The first-order valence-corrected chi connectivity index (χ1v) is 11.0. The molecular formula is C26H24N4OS. The second-order valence-corrected chi connectivity index (χ2v) is 8.13. The quantitative estimate of drug-likeness (QED) is 0.425. The van der Waals surface area contributed by atoms with Crippen LogP contribution in [0.25, 0.3) is 5.69 Å². The second-order valence-electron chi connectivity index (χ2n) is 7.74. The Morgan fingerprint density at radius 3 is 2.59 bits per heavy atom. The highest BCUT2D eigenvalue weighted by Crippen LogP contribution is 2.40. The van der Waals surface area contributed by atoms with Crippen LogP contribution >= 0.6 is 12.2 Å². The summed E-state index contributed by atoms with van der Waals surface area (Å²) in [5.41, 5.74) is 4.36. The van der Waals surface area contributed by atoms with Gasteiger partial charge in [0.1, 0.15) is 5.75 Å². The van der Waals surface area contributed by atoms with Crippen molar-refractivity contribution in [3.63, 3.8) is 0 Å².